The van der Waals surface area contributed by atoms with E-state index in [0.717, 1.165) is 27.7 Å². The first kappa shape index (κ1) is 20.4. The molecule has 0 aliphatic heterocycles. The molecule has 0 atom stereocenters. The molecule has 0 aliphatic rings. The monoisotopic (exact) mass is 439 g/mol. The predicted octanol–water partition coefficient (Wildman–Crippen LogP) is 5.58. The molecule has 30 heavy (non-hydrogen) atoms. The number of carbonyl (C=O) groups excluding carboxylic acids is 1. The van der Waals surface area contributed by atoms with E-state index in [9.17, 15) is 4.79 Å². The number of ether oxygens (including phenoxy) is 1. The fourth-order valence-corrected chi connectivity index (χ4v) is 4.56. The third-order valence-electron chi connectivity index (χ3n) is 4.60. The first-order valence-corrected chi connectivity index (χ1v) is 11.4. The first-order chi connectivity index (χ1) is 14.6. The fraction of sp³-hybridized carbons (Fsp3) is 0.227. The van der Waals surface area contributed by atoms with Crippen molar-refractivity contribution < 1.29 is 13.9 Å². The molecule has 6 nitrogen and oxygen atoms in total. The van der Waals surface area contributed by atoms with Crippen molar-refractivity contribution in [3.8, 4) is 22.2 Å². The Bertz CT molecular complexity index is 1150. The molecule has 4 aromatic rings. The summed E-state index contributed by atoms with van der Waals surface area (Å²) in [6.45, 7) is 6.55. The zero-order valence-electron chi connectivity index (χ0n) is 16.9. The molecule has 154 valence electrons. The van der Waals surface area contributed by atoms with Crippen LogP contribution < -0.4 is 4.74 Å². The molecule has 0 aliphatic carbocycles. The number of carbonyl (C=O) groups is 1. The van der Waals surface area contributed by atoms with Gasteiger partial charge < -0.3 is 13.7 Å². The predicted molar refractivity (Wildman–Crippen MR) is 119 cm³/mol. The fourth-order valence-electron chi connectivity index (χ4n) is 3.27. The second-order valence-electron chi connectivity index (χ2n) is 6.61. The SMILES string of the molecule is CCOc1ccc(-n2c(C)cc(C(=O)CSc3nnc(-c4cccs4)o3)c2C)cc1. The Labute approximate surface area is 182 Å². The molecule has 0 amide bonds. The van der Waals surface area contributed by atoms with Gasteiger partial charge in [-0.25, -0.2) is 0 Å². The Balaban J connectivity index is 1.48. The van der Waals surface area contributed by atoms with Crippen LogP contribution in [-0.2, 0) is 0 Å². The minimum Gasteiger partial charge on any atom is -0.494 e. The van der Waals surface area contributed by atoms with Crippen molar-refractivity contribution in [2.45, 2.75) is 26.0 Å². The van der Waals surface area contributed by atoms with Gasteiger partial charge in [-0.2, -0.15) is 0 Å². The summed E-state index contributed by atoms with van der Waals surface area (Å²) in [6.07, 6.45) is 0. The van der Waals surface area contributed by atoms with E-state index in [1.807, 2.05) is 68.6 Å². The van der Waals surface area contributed by atoms with E-state index in [1.54, 1.807) is 0 Å². The van der Waals surface area contributed by atoms with Gasteiger partial charge in [0.1, 0.15) is 5.75 Å². The molecule has 0 saturated heterocycles. The minimum absolute atomic E-state index is 0.0289. The van der Waals surface area contributed by atoms with Gasteiger partial charge in [0.05, 0.1) is 17.2 Å². The van der Waals surface area contributed by atoms with Crippen LogP contribution in [0.5, 0.6) is 5.75 Å². The molecule has 3 aromatic heterocycles. The quantitative estimate of drug-likeness (QED) is 0.264. The summed E-state index contributed by atoms with van der Waals surface area (Å²) in [6, 6.07) is 13.7. The van der Waals surface area contributed by atoms with Crippen LogP contribution in [-0.4, -0.2) is 32.9 Å². The largest absolute Gasteiger partial charge is 0.494 e. The molecule has 1 aromatic carbocycles. The van der Waals surface area contributed by atoms with E-state index in [0.29, 0.717) is 23.3 Å². The van der Waals surface area contributed by atoms with Gasteiger partial charge in [-0.15, -0.1) is 21.5 Å². The molecule has 3 heterocycles. The number of aromatic nitrogens is 3. The highest BCUT2D eigenvalue weighted by atomic mass is 32.2. The number of thioether (sulfide) groups is 1. The molecule has 0 N–H and O–H groups in total. The van der Waals surface area contributed by atoms with Crippen LogP contribution in [0.3, 0.4) is 0 Å². The minimum atomic E-state index is 0.0289. The second kappa shape index (κ2) is 8.89. The van der Waals surface area contributed by atoms with E-state index in [2.05, 4.69) is 14.8 Å². The number of nitrogens with zero attached hydrogens (tertiary/aromatic N) is 3. The lowest BCUT2D eigenvalue weighted by Crippen LogP contribution is -2.05. The van der Waals surface area contributed by atoms with Crippen LogP contribution in [0.1, 0.15) is 28.7 Å². The number of hydrogen-bond donors (Lipinski definition) is 0. The topological polar surface area (TPSA) is 70.2 Å². The summed E-state index contributed by atoms with van der Waals surface area (Å²) in [4.78, 5) is 13.8. The summed E-state index contributed by atoms with van der Waals surface area (Å²) >= 11 is 2.79. The summed E-state index contributed by atoms with van der Waals surface area (Å²) in [5, 5.41) is 10.4. The van der Waals surface area contributed by atoms with Crippen LogP contribution >= 0.6 is 23.1 Å². The molecule has 0 radical (unpaired) electrons. The van der Waals surface area contributed by atoms with Gasteiger partial charge in [0, 0.05) is 22.6 Å². The standard InChI is InChI=1S/C22H21N3O3S2/c1-4-27-17-9-7-16(8-10-17)25-14(2)12-18(15(25)3)19(26)13-30-22-24-23-21(28-22)20-6-5-11-29-20/h5-12H,4,13H2,1-3H3. The van der Waals surface area contributed by atoms with Crippen LogP contribution in [0.25, 0.3) is 16.5 Å². The molecule has 0 saturated carbocycles. The normalized spacial score (nSPS) is 11.0. The van der Waals surface area contributed by atoms with E-state index in [1.165, 1.54) is 23.1 Å². The van der Waals surface area contributed by atoms with Gasteiger partial charge in [-0.05, 0) is 62.5 Å². The lowest BCUT2D eigenvalue weighted by atomic mass is 10.2. The highest BCUT2D eigenvalue weighted by Crippen LogP contribution is 2.28. The third kappa shape index (κ3) is 4.20. The highest BCUT2D eigenvalue weighted by molar-refractivity contribution is 7.99. The zero-order chi connectivity index (χ0) is 21.1. The van der Waals surface area contributed by atoms with E-state index in [-0.39, 0.29) is 11.5 Å². The maximum Gasteiger partial charge on any atom is 0.277 e. The van der Waals surface area contributed by atoms with Crippen molar-refractivity contribution in [2.24, 2.45) is 0 Å². The summed E-state index contributed by atoms with van der Waals surface area (Å²) < 4.78 is 13.2. The Morgan fingerprint density at radius 2 is 2.00 bits per heavy atom. The molecular formula is C22H21N3O3S2. The zero-order valence-corrected chi connectivity index (χ0v) is 18.5. The third-order valence-corrected chi connectivity index (χ3v) is 6.28. The van der Waals surface area contributed by atoms with Gasteiger partial charge in [0.2, 0.25) is 0 Å². The molecule has 8 heteroatoms. The smallest absolute Gasteiger partial charge is 0.277 e. The van der Waals surface area contributed by atoms with Gasteiger partial charge in [0.15, 0.2) is 5.78 Å². The number of ketones is 1. The average molecular weight is 440 g/mol. The van der Waals surface area contributed by atoms with Gasteiger partial charge >= 0.3 is 0 Å². The van der Waals surface area contributed by atoms with Crippen molar-refractivity contribution in [3.05, 3.63) is 64.8 Å². The van der Waals surface area contributed by atoms with Crippen LogP contribution in [0.4, 0.5) is 0 Å². The first-order valence-electron chi connectivity index (χ1n) is 9.52. The molecule has 0 fully saturated rings. The number of thiophene rings is 1. The summed E-state index contributed by atoms with van der Waals surface area (Å²) in [5.41, 5.74) is 3.61. The number of hydrogen-bond acceptors (Lipinski definition) is 7. The summed E-state index contributed by atoms with van der Waals surface area (Å²) in [5.74, 6) is 1.58. The second-order valence-corrected chi connectivity index (χ2v) is 8.48. The average Bonchev–Trinajstić information content (AvgIpc) is 3.48. The number of aryl methyl sites for hydroxylation is 1. The Morgan fingerprint density at radius 1 is 1.20 bits per heavy atom. The van der Waals surface area contributed by atoms with Crippen LogP contribution in [0, 0.1) is 13.8 Å². The maximum atomic E-state index is 12.9. The molecule has 4 rings (SSSR count). The lowest BCUT2D eigenvalue weighted by Gasteiger charge is -2.11. The van der Waals surface area contributed by atoms with E-state index < -0.39 is 0 Å². The van der Waals surface area contributed by atoms with Gasteiger partial charge in [0.25, 0.3) is 11.1 Å². The van der Waals surface area contributed by atoms with Crippen molar-refractivity contribution in [2.75, 3.05) is 12.4 Å². The van der Waals surface area contributed by atoms with Crippen LogP contribution in [0.15, 0.2) is 57.5 Å². The van der Waals surface area contributed by atoms with Crippen molar-refractivity contribution in [3.63, 3.8) is 0 Å². The maximum absolute atomic E-state index is 12.9. The van der Waals surface area contributed by atoms with Crippen molar-refractivity contribution in [1.82, 2.24) is 14.8 Å². The van der Waals surface area contributed by atoms with E-state index in [4.69, 9.17) is 9.15 Å². The number of Topliss-reactive ketones (excluding diaryl/α,β-unsaturated/α-hetero) is 1. The molecular weight excluding hydrogens is 418 g/mol. The molecule has 0 bridgehead atoms. The number of rotatable bonds is 8. The lowest BCUT2D eigenvalue weighted by molar-refractivity contribution is 0.102. The number of benzene rings is 1. The van der Waals surface area contributed by atoms with Crippen LogP contribution in [0.2, 0.25) is 0 Å². The Kier molecular flexibility index (Phi) is 6.06. The van der Waals surface area contributed by atoms with Gasteiger partial charge in [-0.3, -0.25) is 4.79 Å². The highest BCUT2D eigenvalue weighted by Gasteiger charge is 2.18. The summed E-state index contributed by atoms with van der Waals surface area (Å²) in [7, 11) is 0. The van der Waals surface area contributed by atoms with Crippen molar-refractivity contribution >= 4 is 28.9 Å². The van der Waals surface area contributed by atoms with Crippen molar-refractivity contribution in [1.29, 1.82) is 0 Å². The molecule has 0 spiro atoms. The Morgan fingerprint density at radius 3 is 2.70 bits per heavy atom. The molecule has 0 unspecified atom stereocenters. The van der Waals surface area contributed by atoms with Gasteiger partial charge in [-0.1, -0.05) is 17.8 Å². The van der Waals surface area contributed by atoms with E-state index >= 15 is 0 Å². The Hall–Kier alpha value is -2.84.